The number of aromatic nitrogens is 2. The number of ether oxygens (including phenoxy) is 6. The molecule has 302 valence electrons. The number of hydrogen-bond acceptors (Lipinski definition) is 11. The molecule has 0 radical (unpaired) electrons. The van der Waals surface area contributed by atoms with Crippen molar-refractivity contribution in [3.05, 3.63) is 92.0 Å². The highest BCUT2D eigenvalue weighted by molar-refractivity contribution is 6.32. The van der Waals surface area contributed by atoms with Crippen LogP contribution >= 0.6 is 23.2 Å². The Bertz CT molecular complexity index is 1830. The molecule has 0 aliphatic carbocycles. The minimum absolute atomic E-state index is 0.00289. The summed E-state index contributed by atoms with van der Waals surface area (Å²) < 4.78 is 60.7. The second kappa shape index (κ2) is 21.5. The second-order valence-electron chi connectivity index (χ2n) is 12.6. The minimum atomic E-state index is -1.81. The van der Waals surface area contributed by atoms with Crippen molar-refractivity contribution in [2.24, 2.45) is 0 Å². The van der Waals surface area contributed by atoms with Crippen LogP contribution in [0.25, 0.3) is 11.1 Å². The zero-order valence-electron chi connectivity index (χ0n) is 32.3. The molecule has 0 spiro atoms. The highest BCUT2D eigenvalue weighted by Crippen LogP contribution is 2.35. The molecule has 0 aliphatic heterocycles. The Morgan fingerprint density at radius 1 is 0.714 bits per heavy atom. The van der Waals surface area contributed by atoms with Crippen molar-refractivity contribution in [1.29, 1.82) is 0 Å². The Balaban J connectivity index is 1.43. The lowest BCUT2D eigenvalue weighted by Crippen LogP contribution is -2.31. The van der Waals surface area contributed by atoms with Crippen LogP contribution in [0.1, 0.15) is 60.1 Å². The summed E-state index contributed by atoms with van der Waals surface area (Å²) in [6.07, 6.45) is -2.74. The third kappa shape index (κ3) is 11.7. The number of carbonyl (C=O) groups excluding carboxylic acids is 2. The number of hydrogen-bond donors (Lipinski definition) is 1. The lowest BCUT2D eigenvalue weighted by atomic mass is 9.92. The van der Waals surface area contributed by atoms with Gasteiger partial charge in [-0.3, -0.25) is 0 Å². The number of benzene rings is 2. The van der Waals surface area contributed by atoms with Gasteiger partial charge in [-0.15, -0.1) is 0 Å². The molecule has 0 amide bonds. The summed E-state index contributed by atoms with van der Waals surface area (Å²) in [7, 11) is 2.94. The van der Waals surface area contributed by atoms with E-state index in [1.54, 1.807) is 26.0 Å². The van der Waals surface area contributed by atoms with Crippen molar-refractivity contribution in [1.82, 2.24) is 15.3 Å². The lowest BCUT2D eigenvalue weighted by Gasteiger charge is -2.18. The van der Waals surface area contributed by atoms with Gasteiger partial charge in [0.2, 0.25) is 29.7 Å². The number of carbonyl (C=O) groups is 2. The van der Waals surface area contributed by atoms with E-state index in [9.17, 15) is 18.4 Å². The molecule has 2 heterocycles. The van der Waals surface area contributed by atoms with Crippen molar-refractivity contribution >= 4 is 35.1 Å². The molecule has 11 nitrogen and oxygen atoms in total. The molecule has 0 aliphatic rings. The first-order valence-electron chi connectivity index (χ1n) is 18.1. The molecule has 4 aromatic rings. The summed E-state index contributed by atoms with van der Waals surface area (Å²) in [5, 5.41) is 3.38. The van der Waals surface area contributed by atoms with Crippen LogP contribution in [0.4, 0.5) is 8.78 Å². The van der Waals surface area contributed by atoms with Crippen LogP contribution in [0.15, 0.2) is 48.5 Å². The van der Waals surface area contributed by atoms with Crippen molar-refractivity contribution < 1.29 is 46.8 Å². The van der Waals surface area contributed by atoms with E-state index in [4.69, 9.17) is 51.6 Å². The van der Waals surface area contributed by atoms with E-state index in [1.807, 2.05) is 50.2 Å². The number of halogens is 4. The Labute approximate surface area is 335 Å². The van der Waals surface area contributed by atoms with Gasteiger partial charge >= 0.3 is 11.9 Å². The van der Waals surface area contributed by atoms with Crippen LogP contribution in [0.2, 0.25) is 10.0 Å². The first kappa shape index (κ1) is 44.0. The second-order valence-corrected chi connectivity index (χ2v) is 13.4. The summed E-state index contributed by atoms with van der Waals surface area (Å²) in [6.45, 7) is 7.73. The van der Waals surface area contributed by atoms with Crippen molar-refractivity contribution in [2.75, 3.05) is 34.0 Å². The number of aryl methyl sites for hydroxylation is 1. The van der Waals surface area contributed by atoms with Crippen LogP contribution in [0.3, 0.4) is 0 Å². The van der Waals surface area contributed by atoms with E-state index < -0.39 is 24.3 Å². The van der Waals surface area contributed by atoms with Gasteiger partial charge in [0.25, 0.3) is 0 Å². The van der Waals surface area contributed by atoms with E-state index in [-0.39, 0.29) is 73.6 Å². The number of rotatable bonds is 21. The quantitative estimate of drug-likeness (QED) is 0.0814. The van der Waals surface area contributed by atoms with Crippen molar-refractivity contribution in [2.45, 2.75) is 79.1 Å². The molecule has 0 bridgehead atoms. The summed E-state index contributed by atoms with van der Waals surface area (Å²) in [4.78, 5) is 32.1. The van der Waals surface area contributed by atoms with Crippen molar-refractivity contribution in [3.63, 3.8) is 0 Å². The molecule has 56 heavy (non-hydrogen) atoms. The van der Waals surface area contributed by atoms with Crippen molar-refractivity contribution in [3.8, 4) is 34.6 Å². The van der Waals surface area contributed by atoms with Gasteiger partial charge in [-0.2, -0.15) is 9.97 Å². The van der Waals surface area contributed by atoms with Gasteiger partial charge in [-0.05, 0) is 92.5 Å². The number of pyridine rings is 2. The van der Waals surface area contributed by atoms with Gasteiger partial charge in [-0.25, -0.2) is 18.4 Å². The molecule has 2 atom stereocenters. The van der Waals surface area contributed by atoms with Crippen LogP contribution in [-0.4, -0.2) is 68.2 Å². The predicted molar refractivity (Wildman–Crippen MR) is 209 cm³/mol. The Morgan fingerprint density at radius 2 is 1.20 bits per heavy atom. The summed E-state index contributed by atoms with van der Waals surface area (Å²) in [5.41, 5.74) is 7.04. The molecule has 0 saturated heterocycles. The number of esters is 2. The van der Waals surface area contributed by atoms with Gasteiger partial charge in [0.15, 0.2) is 6.17 Å². The fraction of sp³-hybridized carbons (Fsp3) is 0.415. The SMILES string of the molecule is CCOC(=O)[C@H](F)CCCc1cc(Cl)c(OCc2cccc(-c3cccc(COc4nc(OC)c(CNC[C@@H](F)C(=O)OCC)cc4Cl)c3C)c2C)nc1OC. The summed E-state index contributed by atoms with van der Waals surface area (Å²) in [6, 6.07) is 15.2. The van der Waals surface area contributed by atoms with Gasteiger partial charge in [-0.1, -0.05) is 59.6 Å². The maximum atomic E-state index is 14.1. The molecular formula is C41H47Cl2F2N3O8. The Morgan fingerprint density at radius 3 is 1.70 bits per heavy atom. The molecule has 0 fully saturated rings. The van der Waals surface area contributed by atoms with E-state index >= 15 is 0 Å². The molecule has 0 saturated carbocycles. The smallest absolute Gasteiger partial charge is 0.342 e. The van der Waals surface area contributed by atoms with Crippen LogP contribution in [0.5, 0.6) is 23.5 Å². The first-order valence-corrected chi connectivity index (χ1v) is 18.9. The molecule has 1 N–H and O–H groups in total. The first-order chi connectivity index (χ1) is 26.9. The number of nitrogens with zero attached hydrogens (tertiary/aromatic N) is 2. The van der Waals surface area contributed by atoms with E-state index in [1.165, 1.54) is 14.2 Å². The predicted octanol–water partition coefficient (Wildman–Crippen LogP) is 8.46. The number of nitrogens with one attached hydrogen (secondary N) is 1. The zero-order valence-corrected chi connectivity index (χ0v) is 33.8. The number of alkyl halides is 2. The third-order valence-electron chi connectivity index (χ3n) is 8.89. The molecule has 0 unspecified atom stereocenters. The maximum absolute atomic E-state index is 14.1. The zero-order chi connectivity index (χ0) is 40.8. The molecular weight excluding hydrogens is 771 g/mol. The minimum Gasteiger partial charge on any atom is -0.481 e. The maximum Gasteiger partial charge on any atom is 0.342 e. The summed E-state index contributed by atoms with van der Waals surface area (Å²) >= 11 is 13.1. The molecule has 2 aromatic heterocycles. The normalized spacial score (nSPS) is 12.1. The topological polar surface area (TPSA) is 127 Å². The highest BCUT2D eigenvalue weighted by atomic mass is 35.5. The number of methoxy groups -OCH3 is 2. The van der Waals surface area contributed by atoms with Crippen LogP contribution < -0.4 is 24.3 Å². The van der Waals surface area contributed by atoms with Gasteiger partial charge in [0, 0.05) is 24.2 Å². The van der Waals surface area contributed by atoms with Crippen LogP contribution in [0, 0.1) is 13.8 Å². The Hall–Kier alpha value is -4.72. The molecule has 2 aromatic carbocycles. The average Bonchev–Trinajstić information content (AvgIpc) is 3.18. The monoisotopic (exact) mass is 817 g/mol. The van der Waals surface area contributed by atoms with Gasteiger partial charge < -0.3 is 33.7 Å². The van der Waals surface area contributed by atoms with Gasteiger partial charge in [0.05, 0.1) is 27.4 Å². The van der Waals surface area contributed by atoms with Crippen LogP contribution in [-0.2, 0) is 45.2 Å². The molecule has 4 rings (SSSR count). The Kier molecular flexibility index (Phi) is 16.9. The van der Waals surface area contributed by atoms with E-state index in [0.29, 0.717) is 29.8 Å². The molecule has 15 heteroatoms. The standard InChI is InChI=1S/C41H47Cl2F2N3O8/c1-7-53-40(49)34(44)17-11-12-26-18-32(42)38(47-36(26)51-5)55-22-27-13-9-15-30(24(27)3)31-16-10-14-28(25(31)4)23-56-39-33(43)19-29(37(48-39)52-6)20-46-21-35(45)41(50)54-8-2/h9-10,13-16,18-19,34-35,46H,7-8,11-12,17,20-23H2,1-6H3/t34-,35-/m1/s1. The third-order valence-corrected chi connectivity index (χ3v) is 9.43. The fourth-order valence-electron chi connectivity index (χ4n) is 5.88. The fourth-order valence-corrected chi connectivity index (χ4v) is 6.33. The summed E-state index contributed by atoms with van der Waals surface area (Å²) in [5.74, 6) is -0.884. The average molecular weight is 819 g/mol. The lowest BCUT2D eigenvalue weighted by molar-refractivity contribution is -0.149. The van der Waals surface area contributed by atoms with E-state index in [2.05, 4.69) is 15.3 Å². The highest BCUT2D eigenvalue weighted by Gasteiger charge is 2.21. The van der Waals surface area contributed by atoms with Gasteiger partial charge in [0.1, 0.15) is 23.3 Å². The largest absolute Gasteiger partial charge is 0.481 e. The van der Waals surface area contributed by atoms with E-state index in [0.717, 1.165) is 33.4 Å².